The Bertz CT molecular complexity index is 1860. The summed E-state index contributed by atoms with van der Waals surface area (Å²) < 4.78 is 0. The van der Waals surface area contributed by atoms with Crippen LogP contribution in [0.25, 0.3) is 10.8 Å². The molecule has 10 nitrogen and oxygen atoms in total. The highest BCUT2D eigenvalue weighted by atomic mass is 35.5. The maximum Gasteiger partial charge on any atom is 0.332 e. The lowest BCUT2D eigenvalue weighted by atomic mass is 9.98. The number of anilines is 1. The first kappa shape index (κ1) is 33.0. The fourth-order valence-electron chi connectivity index (χ4n) is 6.40. The van der Waals surface area contributed by atoms with E-state index in [2.05, 4.69) is 17.2 Å². The smallest absolute Gasteiger partial charge is 0.332 e. The second-order valence-corrected chi connectivity index (χ2v) is 12.5. The Hall–Kier alpha value is -4.90. The van der Waals surface area contributed by atoms with Crippen LogP contribution in [0.5, 0.6) is 0 Å². The van der Waals surface area contributed by atoms with Gasteiger partial charge in [0.25, 0.3) is 0 Å². The Morgan fingerprint density at radius 1 is 0.958 bits per heavy atom. The van der Waals surface area contributed by atoms with Crippen LogP contribution in [-0.4, -0.2) is 75.9 Å². The molecule has 4 aromatic rings. The molecule has 12 heteroatoms. The Kier molecular flexibility index (Phi) is 9.95. The number of amides is 5. The van der Waals surface area contributed by atoms with E-state index in [0.717, 1.165) is 27.5 Å². The molecule has 0 aromatic heterocycles. The van der Waals surface area contributed by atoms with Crippen LogP contribution in [0, 0.1) is 0 Å². The van der Waals surface area contributed by atoms with E-state index in [-0.39, 0.29) is 44.4 Å². The van der Waals surface area contributed by atoms with Gasteiger partial charge in [0, 0.05) is 25.2 Å². The molecule has 48 heavy (non-hydrogen) atoms. The van der Waals surface area contributed by atoms with Crippen molar-refractivity contribution in [2.24, 2.45) is 0 Å². The van der Waals surface area contributed by atoms with Crippen LogP contribution >= 0.6 is 23.2 Å². The third-order valence-electron chi connectivity index (χ3n) is 8.69. The van der Waals surface area contributed by atoms with Gasteiger partial charge in [-0.25, -0.2) is 4.79 Å². The first-order chi connectivity index (χ1) is 23.3. The van der Waals surface area contributed by atoms with Crippen LogP contribution in [0.3, 0.4) is 0 Å². The van der Waals surface area contributed by atoms with Crippen molar-refractivity contribution in [1.82, 2.24) is 25.1 Å². The number of benzene rings is 4. The monoisotopic (exact) mass is 684 g/mol. The molecule has 0 spiro atoms. The Morgan fingerprint density at radius 3 is 2.46 bits per heavy atom. The topological polar surface area (TPSA) is 105 Å². The van der Waals surface area contributed by atoms with E-state index in [9.17, 15) is 19.2 Å². The molecule has 2 atom stereocenters. The van der Waals surface area contributed by atoms with Crippen molar-refractivity contribution < 1.29 is 19.2 Å². The molecule has 5 amide bonds. The van der Waals surface area contributed by atoms with Gasteiger partial charge in [0.2, 0.25) is 18.2 Å². The fourth-order valence-corrected chi connectivity index (χ4v) is 6.72. The van der Waals surface area contributed by atoms with E-state index in [4.69, 9.17) is 23.2 Å². The van der Waals surface area contributed by atoms with E-state index >= 15 is 0 Å². The van der Waals surface area contributed by atoms with Crippen LogP contribution in [0.2, 0.25) is 10.0 Å². The molecule has 0 radical (unpaired) electrons. The first-order valence-corrected chi connectivity index (χ1v) is 16.3. The number of halogens is 2. The molecular weight excluding hydrogens is 651 g/mol. The van der Waals surface area contributed by atoms with Crippen molar-refractivity contribution in [2.45, 2.75) is 31.7 Å². The van der Waals surface area contributed by atoms with Crippen molar-refractivity contribution in [3.63, 3.8) is 0 Å². The van der Waals surface area contributed by atoms with Crippen molar-refractivity contribution in [3.8, 4) is 0 Å². The number of rotatable bonds is 11. The molecule has 4 aromatic carbocycles. The van der Waals surface area contributed by atoms with Crippen molar-refractivity contribution in [3.05, 3.63) is 124 Å². The van der Waals surface area contributed by atoms with Gasteiger partial charge in [-0.2, -0.15) is 5.01 Å². The highest BCUT2D eigenvalue weighted by Gasteiger charge is 2.52. The van der Waals surface area contributed by atoms with Crippen LogP contribution in [0.4, 0.5) is 10.5 Å². The maximum atomic E-state index is 14.3. The van der Waals surface area contributed by atoms with Gasteiger partial charge in [0.15, 0.2) is 0 Å². The van der Waals surface area contributed by atoms with E-state index in [1.165, 1.54) is 5.01 Å². The third kappa shape index (κ3) is 6.87. The average Bonchev–Trinajstić information content (AvgIpc) is 3.41. The molecule has 246 valence electrons. The minimum atomic E-state index is -0.814. The number of carbonyl (C=O) groups excluding carboxylic acids is 4. The summed E-state index contributed by atoms with van der Waals surface area (Å²) in [6, 6.07) is 25.1. The standard InChI is InChI=1S/C36H34Cl2N6O4/c1-2-16-42(36(48)39-19-25-12-15-30(37)31(38)17-25)43-22-34(46)44-32(18-24-10-13-28(14-11-24)40-23-45)35(47)41(21-33(43)44)20-27-8-5-7-26-6-3-4-9-29(26)27/h2-15,17,23,32-33H,1,16,18-22H2,(H,39,48)(H,40,45)/t32-,33+/m0/s1. The van der Waals surface area contributed by atoms with Crippen LogP contribution in [-0.2, 0) is 33.9 Å². The average molecular weight is 686 g/mol. The van der Waals surface area contributed by atoms with Crippen molar-refractivity contribution >= 4 is 63.9 Å². The van der Waals surface area contributed by atoms with Crippen molar-refractivity contribution in [2.75, 3.05) is 25.0 Å². The molecule has 2 N–H and O–H groups in total. The normalized spacial score (nSPS) is 17.7. The number of carbonyl (C=O) groups is 4. The summed E-state index contributed by atoms with van der Waals surface area (Å²) in [5, 5.41) is 11.6. The molecule has 0 bridgehead atoms. The van der Waals surface area contributed by atoms with E-state index in [0.29, 0.717) is 28.7 Å². The van der Waals surface area contributed by atoms with Gasteiger partial charge >= 0.3 is 6.03 Å². The minimum absolute atomic E-state index is 0.0905. The molecule has 0 aliphatic carbocycles. The second kappa shape index (κ2) is 14.5. The fraction of sp³-hybridized carbons (Fsp3) is 0.222. The molecule has 2 aliphatic rings. The van der Waals surface area contributed by atoms with Crippen LogP contribution in [0.15, 0.2) is 97.6 Å². The third-order valence-corrected chi connectivity index (χ3v) is 9.43. The lowest BCUT2D eigenvalue weighted by molar-refractivity contribution is -0.157. The molecule has 0 unspecified atom stereocenters. The predicted octanol–water partition coefficient (Wildman–Crippen LogP) is 5.45. The SMILES string of the molecule is C=CCN(C(=O)NCc1ccc(Cl)c(Cl)c1)N1CC(=O)N2[C@@H](Cc3ccc(NC=O)cc3)C(=O)N(Cc3cccc4ccccc34)C[C@@H]21. The van der Waals surface area contributed by atoms with Crippen molar-refractivity contribution in [1.29, 1.82) is 0 Å². The summed E-state index contributed by atoms with van der Waals surface area (Å²) >= 11 is 12.2. The van der Waals surface area contributed by atoms with E-state index in [1.807, 2.05) is 54.6 Å². The lowest BCUT2D eigenvalue weighted by Gasteiger charge is -2.46. The summed E-state index contributed by atoms with van der Waals surface area (Å²) in [4.78, 5) is 56.1. The van der Waals surface area contributed by atoms with Gasteiger partial charge in [0.05, 0.1) is 29.7 Å². The second-order valence-electron chi connectivity index (χ2n) is 11.7. The largest absolute Gasteiger partial charge is 0.333 e. The zero-order valence-corrected chi connectivity index (χ0v) is 27.5. The molecule has 6 rings (SSSR count). The predicted molar refractivity (Wildman–Crippen MR) is 186 cm³/mol. The highest BCUT2D eigenvalue weighted by Crippen LogP contribution is 2.31. The number of hydrogen-bond acceptors (Lipinski definition) is 5. The summed E-state index contributed by atoms with van der Waals surface area (Å²) in [6.45, 7) is 4.60. The first-order valence-electron chi connectivity index (χ1n) is 15.5. The number of piperazine rings is 1. The highest BCUT2D eigenvalue weighted by molar-refractivity contribution is 6.42. The quantitative estimate of drug-likeness (QED) is 0.162. The van der Waals surface area contributed by atoms with Gasteiger partial charge in [-0.1, -0.05) is 89.9 Å². The number of hydrogen-bond donors (Lipinski definition) is 2. The van der Waals surface area contributed by atoms with Gasteiger partial charge < -0.3 is 20.4 Å². The zero-order valence-electron chi connectivity index (χ0n) is 26.0. The van der Waals surface area contributed by atoms with E-state index < -0.39 is 18.2 Å². The van der Waals surface area contributed by atoms with Crippen LogP contribution in [0.1, 0.15) is 16.7 Å². The van der Waals surface area contributed by atoms with Gasteiger partial charge in [-0.15, -0.1) is 6.58 Å². The number of urea groups is 1. The van der Waals surface area contributed by atoms with Gasteiger partial charge in [-0.3, -0.25) is 19.4 Å². The Labute approximate surface area is 288 Å². The summed E-state index contributed by atoms with van der Waals surface area (Å²) in [5.41, 5.74) is 3.18. The molecule has 2 aliphatic heterocycles. The lowest BCUT2D eigenvalue weighted by Crippen LogP contribution is -2.66. The maximum absolute atomic E-state index is 14.3. The summed E-state index contributed by atoms with van der Waals surface area (Å²) in [7, 11) is 0. The zero-order chi connectivity index (χ0) is 33.8. The number of hydrazine groups is 1. The minimum Gasteiger partial charge on any atom is -0.333 e. The number of fused-ring (bicyclic) bond motifs is 2. The van der Waals surface area contributed by atoms with E-state index in [1.54, 1.807) is 51.2 Å². The Balaban J connectivity index is 1.31. The van der Waals surface area contributed by atoms with Crippen LogP contribution < -0.4 is 10.6 Å². The summed E-state index contributed by atoms with van der Waals surface area (Å²) in [5.74, 6) is -0.433. The number of nitrogens with zero attached hydrogens (tertiary/aromatic N) is 4. The Morgan fingerprint density at radius 2 is 1.71 bits per heavy atom. The molecule has 0 saturated carbocycles. The molecule has 2 fully saturated rings. The van der Waals surface area contributed by atoms with Gasteiger partial charge in [-0.05, 0) is 51.7 Å². The van der Waals surface area contributed by atoms with Gasteiger partial charge in [0.1, 0.15) is 12.2 Å². The summed E-state index contributed by atoms with van der Waals surface area (Å²) in [6.07, 6.45) is 1.85. The molecular formula is C36H34Cl2N6O4. The number of nitrogens with one attached hydrogen (secondary N) is 2. The molecule has 2 heterocycles. The molecule has 2 saturated heterocycles.